The summed E-state index contributed by atoms with van der Waals surface area (Å²) in [5.41, 5.74) is 1.34. The van der Waals surface area contributed by atoms with Gasteiger partial charge in [0.1, 0.15) is 5.82 Å². The molecule has 1 aromatic carbocycles. The molecule has 20 heavy (non-hydrogen) atoms. The third-order valence-electron chi connectivity index (χ3n) is 3.97. The number of piperazine rings is 1. The topological polar surface area (TPSA) is 15.3 Å². The summed E-state index contributed by atoms with van der Waals surface area (Å²) in [6.45, 7) is 12.0. The van der Waals surface area contributed by atoms with Crippen LogP contribution in [-0.2, 0) is 6.54 Å². The lowest BCUT2D eigenvalue weighted by Crippen LogP contribution is -2.61. The van der Waals surface area contributed by atoms with Crippen LogP contribution >= 0.6 is 0 Å². The zero-order valence-electron chi connectivity index (χ0n) is 13.1. The highest BCUT2D eigenvalue weighted by molar-refractivity contribution is 5.16. The molecule has 1 aromatic rings. The highest BCUT2D eigenvalue weighted by Crippen LogP contribution is 2.22. The summed E-state index contributed by atoms with van der Waals surface area (Å²) < 4.78 is 13.0. The van der Waals surface area contributed by atoms with Gasteiger partial charge in [0.25, 0.3) is 0 Å². The van der Waals surface area contributed by atoms with Gasteiger partial charge in [-0.3, -0.25) is 4.90 Å². The van der Waals surface area contributed by atoms with Crippen molar-refractivity contribution < 1.29 is 4.39 Å². The van der Waals surface area contributed by atoms with E-state index < -0.39 is 0 Å². The number of nitrogens with one attached hydrogen (secondary N) is 1. The summed E-state index contributed by atoms with van der Waals surface area (Å²) in [6.07, 6.45) is 1.20. The van der Waals surface area contributed by atoms with Crippen molar-refractivity contribution in [3.63, 3.8) is 0 Å². The molecule has 0 radical (unpaired) electrons. The molecule has 2 rings (SSSR count). The number of nitrogens with zero attached hydrogens (tertiary/aromatic N) is 1. The summed E-state index contributed by atoms with van der Waals surface area (Å²) in [4.78, 5) is 2.55. The van der Waals surface area contributed by atoms with Crippen molar-refractivity contribution in [3.8, 4) is 0 Å². The van der Waals surface area contributed by atoms with Crippen LogP contribution in [0.25, 0.3) is 0 Å². The molecule has 1 saturated heterocycles. The van der Waals surface area contributed by atoms with Crippen LogP contribution in [0.2, 0.25) is 0 Å². The van der Waals surface area contributed by atoms with Crippen molar-refractivity contribution in [2.24, 2.45) is 5.92 Å². The number of hydrogen-bond acceptors (Lipinski definition) is 2. The fraction of sp³-hybridized carbons (Fsp3) is 0.647. The van der Waals surface area contributed by atoms with Gasteiger partial charge >= 0.3 is 0 Å². The molecule has 1 N–H and O–H groups in total. The van der Waals surface area contributed by atoms with Crippen LogP contribution in [0.3, 0.4) is 0 Å². The van der Waals surface area contributed by atoms with Crippen molar-refractivity contribution >= 4 is 0 Å². The number of rotatable bonds is 4. The van der Waals surface area contributed by atoms with Crippen LogP contribution in [0.4, 0.5) is 4.39 Å². The van der Waals surface area contributed by atoms with Crippen molar-refractivity contribution in [1.29, 1.82) is 0 Å². The van der Waals surface area contributed by atoms with Gasteiger partial charge in [-0.05, 0) is 43.9 Å². The first kappa shape index (κ1) is 15.5. The molecule has 112 valence electrons. The predicted molar refractivity (Wildman–Crippen MR) is 82.1 cm³/mol. The maximum Gasteiger partial charge on any atom is 0.123 e. The van der Waals surface area contributed by atoms with E-state index in [-0.39, 0.29) is 11.4 Å². The zero-order chi connectivity index (χ0) is 14.8. The average Bonchev–Trinajstić information content (AvgIpc) is 2.35. The summed E-state index contributed by atoms with van der Waals surface area (Å²) in [5.74, 6) is 0.534. The second-order valence-corrected chi connectivity index (χ2v) is 7.08. The predicted octanol–water partition coefficient (Wildman–Crippen LogP) is 3.42. The highest BCUT2D eigenvalue weighted by Gasteiger charge is 2.32. The molecule has 1 aliphatic heterocycles. The molecule has 1 atom stereocenters. The Hall–Kier alpha value is -0.930. The Morgan fingerprint density at radius 3 is 2.55 bits per heavy atom. The Balaban J connectivity index is 2.08. The first-order valence-electron chi connectivity index (χ1n) is 7.59. The summed E-state index contributed by atoms with van der Waals surface area (Å²) >= 11 is 0. The van der Waals surface area contributed by atoms with E-state index in [0.29, 0.717) is 12.0 Å². The molecule has 0 amide bonds. The zero-order valence-corrected chi connectivity index (χ0v) is 13.1. The molecule has 0 aliphatic carbocycles. The van der Waals surface area contributed by atoms with Crippen molar-refractivity contribution in [3.05, 3.63) is 35.6 Å². The van der Waals surface area contributed by atoms with Gasteiger partial charge in [0.05, 0.1) is 0 Å². The average molecular weight is 278 g/mol. The Morgan fingerprint density at radius 2 is 1.95 bits per heavy atom. The van der Waals surface area contributed by atoms with Crippen LogP contribution < -0.4 is 5.32 Å². The van der Waals surface area contributed by atoms with Crippen molar-refractivity contribution in [2.45, 2.75) is 52.2 Å². The molecule has 0 spiro atoms. The molecule has 0 saturated carbocycles. The normalized spacial score (nSPS) is 23.2. The smallest absolute Gasteiger partial charge is 0.123 e. The van der Waals surface area contributed by atoms with Gasteiger partial charge in [-0.25, -0.2) is 4.39 Å². The monoisotopic (exact) mass is 278 g/mol. The molecule has 0 aromatic heterocycles. The quantitative estimate of drug-likeness (QED) is 0.908. The maximum absolute atomic E-state index is 13.0. The molecular weight excluding hydrogens is 251 g/mol. The van der Waals surface area contributed by atoms with Crippen LogP contribution in [0, 0.1) is 11.7 Å². The minimum absolute atomic E-state index is 0.146. The van der Waals surface area contributed by atoms with Crippen molar-refractivity contribution in [1.82, 2.24) is 10.2 Å². The molecule has 1 fully saturated rings. The second kappa shape index (κ2) is 6.23. The fourth-order valence-electron chi connectivity index (χ4n) is 3.00. The fourth-order valence-corrected chi connectivity index (χ4v) is 3.00. The molecule has 0 bridgehead atoms. The van der Waals surface area contributed by atoms with E-state index in [0.717, 1.165) is 19.6 Å². The molecule has 1 heterocycles. The van der Waals surface area contributed by atoms with Gasteiger partial charge < -0.3 is 5.32 Å². The molecule has 1 unspecified atom stereocenters. The van der Waals surface area contributed by atoms with Gasteiger partial charge in [0.2, 0.25) is 0 Å². The van der Waals surface area contributed by atoms with Crippen LogP contribution in [-0.4, -0.2) is 29.6 Å². The van der Waals surface area contributed by atoms with Crippen LogP contribution in [0.5, 0.6) is 0 Å². The van der Waals surface area contributed by atoms with Crippen LogP contribution in [0.1, 0.15) is 39.7 Å². The highest BCUT2D eigenvalue weighted by atomic mass is 19.1. The first-order valence-corrected chi connectivity index (χ1v) is 7.59. The molecule has 1 aliphatic rings. The van der Waals surface area contributed by atoms with E-state index in [1.165, 1.54) is 12.0 Å². The summed E-state index contributed by atoms with van der Waals surface area (Å²) in [7, 11) is 0. The maximum atomic E-state index is 13.0. The van der Waals surface area contributed by atoms with E-state index in [4.69, 9.17) is 0 Å². The lowest BCUT2D eigenvalue weighted by atomic mass is 9.93. The van der Waals surface area contributed by atoms with E-state index in [9.17, 15) is 4.39 Å². The Morgan fingerprint density at radius 1 is 1.30 bits per heavy atom. The van der Waals surface area contributed by atoms with Gasteiger partial charge in [-0.1, -0.05) is 26.0 Å². The van der Waals surface area contributed by atoms with Gasteiger partial charge in [-0.15, -0.1) is 0 Å². The molecular formula is C17H27FN2. The molecule has 3 heteroatoms. The SMILES string of the molecule is CC(C)CC1CNC(C)(C)CN1Cc1ccc(F)cc1. The lowest BCUT2D eigenvalue weighted by Gasteiger charge is -2.45. The van der Waals surface area contributed by atoms with Crippen molar-refractivity contribution in [2.75, 3.05) is 13.1 Å². The second-order valence-electron chi connectivity index (χ2n) is 7.08. The Labute approximate surface area is 122 Å². The third kappa shape index (κ3) is 4.29. The lowest BCUT2D eigenvalue weighted by molar-refractivity contribution is 0.0760. The minimum Gasteiger partial charge on any atom is -0.309 e. The van der Waals surface area contributed by atoms with E-state index in [2.05, 4.69) is 37.9 Å². The number of benzene rings is 1. The summed E-state index contributed by atoms with van der Waals surface area (Å²) in [6, 6.07) is 7.47. The van der Waals surface area contributed by atoms with E-state index in [1.807, 2.05) is 12.1 Å². The van der Waals surface area contributed by atoms with Gasteiger partial charge in [0, 0.05) is 31.2 Å². The Kier molecular flexibility index (Phi) is 4.82. The molecule has 2 nitrogen and oxygen atoms in total. The largest absolute Gasteiger partial charge is 0.309 e. The number of hydrogen-bond donors (Lipinski definition) is 1. The number of halogens is 1. The summed E-state index contributed by atoms with van der Waals surface area (Å²) in [5, 5.41) is 3.64. The van der Waals surface area contributed by atoms with Gasteiger partial charge in [0.15, 0.2) is 0 Å². The van der Waals surface area contributed by atoms with E-state index >= 15 is 0 Å². The minimum atomic E-state index is -0.159. The standard InChI is InChI=1S/C17H27FN2/c1-13(2)9-16-10-19-17(3,4)12-20(16)11-14-5-7-15(18)8-6-14/h5-8,13,16,19H,9-12H2,1-4H3. The van der Waals surface area contributed by atoms with Crippen LogP contribution in [0.15, 0.2) is 24.3 Å². The first-order chi connectivity index (χ1) is 9.35. The third-order valence-corrected chi connectivity index (χ3v) is 3.97. The van der Waals surface area contributed by atoms with E-state index in [1.54, 1.807) is 12.1 Å². The van der Waals surface area contributed by atoms with Gasteiger partial charge in [-0.2, -0.15) is 0 Å². The Bertz CT molecular complexity index is 425.